The second-order valence-corrected chi connectivity index (χ2v) is 9.81. The van der Waals surface area contributed by atoms with Gasteiger partial charge in [-0.1, -0.05) is 19.1 Å². The number of nitrogens with zero attached hydrogens (tertiary/aromatic N) is 1. The van der Waals surface area contributed by atoms with E-state index in [-0.39, 0.29) is 16.6 Å². The number of anilines is 1. The number of hydrogen-bond acceptors (Lipinski definition) is 5. The van der Waals surface area contributed by atoms with Gasteiger partial charge in [0, 0.05) is 20.1 Å². The van der Waals surface area contributed by atoms with Crippen LogP contribution in [-0.2, 0) is 9.84 Å². The van der Waals surface area contributed by atoms with Crippen LogP contribution in [0, 0.1) is 3.57 Å². The maximum atomic E-state index is 12.3. The number of halogens is 1. The molecule has 134 valence electrons. The minimum Gasteiger partial charge on any atom is -0.298 e. The zero-order chi connectivity index (χ0) is 18.7. The summed E-state index contributed by atoms with van der Waals surface area (Å²) in [6, 6.07) is 13.9. The van der Waals surface area contributed by atoms with Gasteiger partial charge in [-0.25, -0.2) is 13.4 Å². The van der Waals surface area contributed by atoms with Crippen LogP contribution in [0.15, 0.2) is 58.8 Å². The molecule has 0 unspecified atom stereocenters. The smallest absolute Gasteiger partial charge is 0.257 e. The predicted octanol–water partition coefficient (Wildman–Crippen LogP) is 4.46. The second-order valence-electron chi connectivity index (χ2n) is 5.43. The Morgan fingerprint density at radius 3 is 2.38 bits per heavy atom. The van der Waals surface area contributed by atoms with Crippen molar-refractivity contribution in [1.82, 2.24) is 4.98 Å². The van der Waals surface area contributed by atoms with Gasteiger partial charge in [-0.2, -0.15) is 0 Å². The van der Waals surface area contributed by atoms with Gasteiger partial charge in [-0.15, -0.1) is 11.3 Å². The largest absolute Gasteiger partial charge is 0.298 e. The van der Waals surface area contributed by atoms with Gasteiger partial charge in [0.05, 0.1) is 16.3 Å². The third-order valence-electron chi connectivity index (χ3n) is 3.72. The summed E-state index contributed by atoms with van der Waals surface area (Å²) in [6.45, 7) is 1.59. The summed E-state index contributed by atoms with van der Waals surface area (Å²) in [5, 5.41) is 5.13. The van der Waals surface area contributed by atoms with Gasteiger partial charge in [0.15, 0.2) is 15.0 Å². The van der Waals surface area contributed by atoms with Crippen LogP contribution in [-0.4, -0.2) is 25.1 Å². The van der Waals surface area contributed by atoms with Crippen LogP contribution >= 0.6 is 33.9 Å². The number of thiazole rings is 1. The van der Waals surface area contributed by atoms with E-state index in [4.69, 9.17) is 0 Å². The summed E-state index contributed by atoms with van der Waals surface area (Å²) in [6.07, 6.45) is 0. The van der Waals surface area contributed by atoms with Gasteiger partial charge in [0.25, 0.3) is 5.91 Å². The summed E-state index contributed by atoms with van der Waals surface area (Å²) in [7, 11) is -3.27. The van der Waals surface area contributed by atoms with Gasteiger partial charge in [0.1, 0.15) is 0 Å². The van der Waals surface area contributed by atoms with Gasteiger partial charge in [-0.05, 0) is 59.0 Å². The van der Waals surface area contributed by atoms with Crippen LogP contribution in [0.3, 0.4) is 0 Å². The first-order chi connectivity index (χ1) is 12.4. The zero-order valence-electron chi connectivity index (χ0n) is 13.8. The lowest BCUT2D eigenvalue weighted by molar-refractivity contribution is 0.102. The van der Waals surface area contributed by atoms with E-state index < -0.39 is 9.84 Å². The summed E-state index contributed by atoms with van der Waals surface area (Å²) < 4.78 is 24.8. The summed E-state index contributed by atoms with van der Waals surface area (Å²) >= 11 is 3.58. The first-order valence-corrected chi connectivity index (χ1v) is 11.4. The molecule has 1 heterocycles. The fourth-order valence-electron chi connectivity index (χ4n) is 2.23. The van der Waals surface area contributed by atoms with Gasteiger partial charge >= 0.3 is 0 Å². The molecule has 3 rings (SSSR count). The van der Waals surface area contributed by atoms with Crippen molar-refractivity contribution in [2.75, 3.05) is 11.1 Å². The standard InChI is InChI=1S/C18H15IN2O3S2/c1-2-26(23,24)15-9-5-13(6-10-15)17(22)21-18-20-16(11-25-18)12-3-7-14(19)8-4-12/h3-11H,2H2,1H3,(H,20,21,22). The fourth-order valence-corrected chi connectivity index (χ4v) is 4.19. The highest BCUT2D eigenvalue weighted by atomic mass is 127. The van der Waals surface area contributed by atoms with E-state index >= 15 is 0 Å². The Kier molecular flexibility index (Phi) is 5.73. The topological polar surface area (TPSA) is 76.1 Å². The Morgan fingerprint density at radius 1 is 1.12 bits per heavy atom. The molecule has 0 fully saturated rings. The summed E-state index contributed by atoms with van der Waals surface area (Å²) in [4.78, 5) is 17.0. The Hall–Kier alpha value is -1.78. The quantitative estimate of drug-likeness (QED) is 0.528. The minimum atomic E-state index is -3.27. The average Bonchev–Trinajstić information content (AvgIpc) is 3.11. The molecule has 0 bridgehead atoms. The Morgan fingerprint density at radius 2 is 1.77 bits per heavy atom. The summed E-state index contributed by atoms with van der Waals surface area (Å²) in [5.41, 5.74) is 2.16. The third kappa shape index (κ3) is 4.30. The number of carbonyl (C=O) groups excluding carboxylic acids is 1. The van der Waals surface area contributed by atoms with Gasteiger partial charge in [0.2, 0.25) is 0 Å². The molecule has 1 aromatic heterocycles. The van der Waals surface area contributed by atoms with Crippen molar-refractivity contribution < 1.29 is 13.2 Å². The SMILES string of the molecule is CCS(=O)(=O)c1ccc(C(=O)Nc2nc(-c3ccc(I)cc3)cs2)cc1. The molecule has 0 saturated carbocycles. The molecule has 0 saturated heterocycles. The first kappa shape index (κ1) is 19.0. The lowest BCUT2D eigenvalue weighted by atomic mass is 10.2. The van der Waals surface area contributed by atoms with Crippen LogP contribution in [0.5, 0.6) is 0 Å². The molecule has 0 aliphatic rings. The molecular formula is C18H15IN2O3S2. The highest BCUT2D eigenvalue weighted by molar-refractivity contribution is 14.1. The van der Waals surface area contributed by atoms with Crippen LogP contribution in [0.25, 0.3) is 11.3 Å². The molecule has 0 radical (unpaired) electrons. The molecule has 26 heavy (non-hydrogen) atoms. The maximum absolute atomic E-state index is 12.3. The minimum absolute atomic E-state index is 0.0268. The van der Waals surface area contributed by atoms with E-state index in [1.807, 2.05) is 29.6 Å². The monoisotopic (exact) mass is 498 g/mol. The van der Waals surface area contributed by atoms with Crippen molar-refractivity contribution in [2.45, 2.75) is 11.8 Å². The average molecular weight is 498 g/mol. The van der Waals surface area contributed by atoms with E-state index in [1.165, 1.54) is 35.6 Å². The van der Waals surface area contributed by atoms with Crippen molar-refractivity contribution >= 4 is 54.8 Å². The Bertz CT molecular complexity index is 1030. The van der Waals surface area contributed by atoms with E-state index in [0.29, 0.717) is 10.7 Å². The number of nitrogens with one attached hydrogen (secondary N) is 1. The Labute approximate surface area is 169 Å². The molecule has 2 aromatic carbocycles. The van der Waals surface area contributed by atoms with E-state index in [2.05, 4.69) is 32.9 Å². The predicted molar refractivity (Wildman–Crippen MR) is 112 cm³/mol. The molecule has 0 aliphatic carbocycles. The fraction of sp³-hybridized carbons (Fsp3) is 0.111. The molecule has 5 nitrogen and oxygen atoms in total. The van der Waals surface area contributed by atoms with Crippen molar-refractivity contribution in [3.63, 3.8) is 0 Å². The molecule has 0 atom stereocenters. The van der Waals surface area contributed by atoms with Crippen LogP contribution in [0.2, 0.25) is 0 Å². The van der Waals surface area contributed by atoms with Crippen LogP contribution < -0.4 is 5.32 Å². The lowest BCUT2D eigenvalue weighted by Gasteiger charge is -2.04. The molecule has 1 amide bonds. The van der Waals surface area contributed by atoms with Crippen LogP contribution in [0.1, 0.15) is 17.3 Å². The van der Waals surface area contributed by atoms with Crippen molar-refractivity contribution in [3.8, 4) is 11.3 Å². The molecular weight excluding hydrogens is 483 g/mol. The molecule has 8 heteroatoms. The molecule has 0 aliphatic heterocycles. The highest BCUT2D eigenvalue weighted by Crippen LogP contribution is 2.26. The Balaban J connectivity index is 1.73. The first-order valence-electron chi connectivity index (χ1n) is 7.74. The zero-order valence-corrected chi connectivity index (χ0v) is 17.6. The number of carbonyl (C=O) groups is 1. The van der Waals surface area contributed by atoms with Crippen molar-refractivity contribution in [2.24, 2.45) is 0 Å². The van der Waals surface area contributed by atoms with E-state index in [9.17, 15) is 13.2 Å². The molecule has 1 N–H and O–H groups in total. The third-order valence-corrected chi connectivity index (χ3v) is 6.95. The lowest BCUT2D eigenvalue weighted by Crippen LogP contribution is -2.12. The van der Waals surface area contributed by atoms with Gasteiger partial charge < -0.3 is 0 Å². The van der Waals surface area contributed by atoms with E-state index in [1.54, 1.807) is 6.92 Å². The number of benzene rings is 2. The number of sulfone groups is 1. The molecule has 0 spiro atoms. The number of rotatable bonds is 5. The number of hydrogen-bond donors (Lipinski definition) is 1. The molecule has 3 aromatic rings. The van der Waals surface area contributed by atoms with Gasteiger partial charge in [-0.3, -0.25) is 10.1 Å². The van der Waals surface area contributed by atoms with Crippen molar-refractivity contribution in [3.05, 3.63) is 63.0 Å². The summed E-state index contributed by atoms with van der Waals surface area (Å²) in [5.74, 6) is -0.298. The number of amides is 1. The highest BCUT2D eigenvalue weighted by Gasteiger charge is 2.14. The normalized spacial score (nSPS) is 11.3. The number of aromatic nitrogens is 1. The van der Waals surface area contributed by atoms with E-state index in [0.717, 1.165) is 14.8 Å². The van der Waals surface area contributed by atoms with Crippen molar-refractivity contribution in [1.29, 1.82) is 0 Å². The van der Waals surface area contributed by atoms with Crippen LogP contribution in [0.4, 0.5) is 5.13 Å². The maximum Gasteiger partial charge on any atom is 0.257 e. The second kappa shape index (κ2) is 7.85.